The van der Waals surface area contributed by atoms with Crippen molar-refractivity contribution in [3.63, 3.8) is 0 Å². The minimum absolute atomic E-state index is 0.162. The van der Waals surface area contributed by atoms with Gasteiger partial charge in [0.2, 0.25) is 5.91 Å². The Morgan fingerprint density at radius 2 is 1.94 bits per heavy atom. The van der Waals surface area contributed by atoms with Gasteiger partial charge in [-0.2, -0.15) is 0 Å². The minimum atomic E-state index is -0.646. The van der Waals surface area contributed by atoms with Crippen molar-refractivity contribution in [1.82, 2.24) is 5.32 Å². The van der Waals surface area contributed by atoms with Gasteiger partial charge in [0.05, 0.1) is 6.04 Å². The van der Waals surface area contributed by atoms with Crippen LogP contribution in [0.4, 0.5) is 0 Å². The van der Waals surface area contributed by atoms with Crippen LogP contribution in [0.2, 0.25) is 0 Å². The van der Waals surface area contributed by atoms with Crippen LogP contribution in [-0.4, -0.2) is 30.1 Å². The van der Waals surface area contributed by atoms with E-state index in [2.05, 4.69) is 5.32 Å². The highest BCUT2D eigenvalue weighted by Crippen LogP contribution is 2.09. The summed E-state index contributed by atoms with van der Waals surface area (Å²) in [5, 5.41) is 2.60. The highest BCUT2D eigenvalue weighted by molar-refractivity contribution is 5.82. The standard InChI is InChI=1S/C11H22N2O3/c1-5-13-10(15)8(12)6-7-9(14)16-11(2,3)4/h8H,5-7,12H2,1-4H3,(H,13,15)/t8-/m0/s1. The molecule has 0 heterocycles. The molecule has 5 heteroatoms. The van der Waals surface area contributed by atoms with Crippen LogP contribution in [0.3, 0.4) is 0 Å². The second-order valence-electron chi connectivity index (χ2n) is 4.63. The lowest BCUT2D eigenvalue weighted by atomic mass is 10.1. The van der Waals surface area contributed by atoms with Crippen LogP contribution in [-0.2, 0) is 14.3 Å². The number of rotatable bonds is 5. The molecule has 0 fully saturated rings. The Labute approximate surface area is 96.7 Å². The summed E-state index contributed by atoms with van der Waals surface area (Å²) in [6.07, 6.45) is 0.469. The smallest absolute Gasteiger partial charge is 0.306 e. The summed E-state index contributed by atoms with van der Waals surface area (Å²) >= 11 is 0. The number of hydrogen-bond donors (Lipinski definition) is 2. The van der Waals surface area contributed by atoms with E-state index in [0.717, 1.165) is 0 Å². The van der Waals surface area contributed by atoms with Crippen molar-refractivity contribution in [2.45, 2.75) is 52.2 Å². The average Bonchev–Trinajstić information content (AvgIpc) is 2.11. The average molecular weight is 230 g/mol. The number of ether oxygens (including phenoxy) is 1. The minimum Gasteiger partial charge on any atom is -0.460 e. The Hall–Kier alpha value is -1.10. The Kier molecular flexibility index (Phi) is 6.03. The molecule has 0 aliphatic rings. The van der Waals surface area contributed by atoms with Crippen molar-refractivity contribution >= 4 is 11.9 Å². The molecule has 0 aromatic rings. The summed E-state index contributed by atoms with van der Waals surface area (Å²) < 4.78 is 5.10. The van der Waals surface area contributed by atoms with E-state index in [1.165, 1.54) is 0 Å². The summed E-state index contributed by atoms with van der Waals surface area (Å²) in [5.41, 5.74) is 5.10. The van der Waals surface area contributed by atoms with Crippen molar-refractivity contribution in [2.75, 3.05) is 6.54 Å². The first-order valence-electron chi connectivity index (χ1n) is 5.51. The van der Waals surface area contributed by atoms with Gasteiger partial charge in [0, 0.05) is 13.0 Å². The maximum absolute atomic E-state index is 11.3. The first-order chi connectivity index (χ1) is 7.26. The third-order valence-electron chi connectivity index (χ3n) is 1.77. The molecule has 3 N–H and O–H groups in total. The largest absolute Gasteiger partial charge is 0.460 e. The van der Waals surface area contributed by atoms with E-state index in [0.29, 0.717) is 13.0 Å². The Bertz CT molecular complexity index is 246. The van der Waals surface area contributed by atoms with E-state index in [1.807, 2.05) is 6.92 Å². The fourth-order valence-corrected chi connectivity index (χ4v) is 1.10. The molecular formula is C11H22N2O3. The van der Waals surface area contributed by atoms with E-state index in [9.17, 15) is 9.59 Å². The van der Waals surface area contributed by atoms with Crippen molar-refractivity contribution in [3.8, 4) is 0 Å². The van der Waals surface area contributed by atoms with Gasteiger partial charge in [-0.1, -0.05) is 0 Å². The predicted molar refractivity (Wildman–Crippen MR) is 61.7 cm³/mol. The first kappa shape index (κ1) is 14.9. The third kappa shape index (κ3) is 7.23. The molecule has 0 unspecified atom stereocenters. The van der Waals surface area contributed by atoms with Gasteiger partial charge in [0.15, 0.2) is 0 Å². The van der Waals surface area contributed by atoms with Crippen LogP contribution in [0.5, 0.6) is 0 Å². The number of carbonyl (C=O) groups excluding carboxylic acids is 2. The van der Waals surface area contributed by atoms with Crippen LogP contribution in [0, 0.1) is 0 Å². The predicted octanol–water partition coefficient (Wildman–Crippen LogP) is 0.572. The topological polar surface area (TPSA) is 81.4 Å². The highest BCUT2D eigenvalue weighted by Gasteiger charge is 2.19. The van der Waals surface area contributed by atoms with Crippen molar-refractivity contribution < 1.29 is 14.3 Å². The quantitative estimate of drug-likeness (QED) is 0.677. The van der Waals surface area contributed by atoms with Crippen LogP contribution in [0.25, 0.3) is 0 Å². The molecule has 0 rings (SSSR count). The van der Waals surface area contributed by atoms with Gasteiger partial charge in [-0.05, 0) is 34.1 Å². The molecule has 0 aliphatic carbocycles. The molecule has 5 nitrogen and oxygen atoms in total. The van der Waals surface area contributed by atoms with Gasteiger partial charge in [-0.3, -0.25) is 9.59 Å². The third-order valence-corrected chi connectivity index (χ3v) is 1.77. The summed E-state index contributed by atoms with van der Waals surface area (Å²) in [5.74, 6) is -0.557. The lowest BCUT2D eigenvalue weighted by molar-refractivity contribution is -0.155. The monoisotopic (exact) mass is 230 g/mol. The van der Waals surface area contributed by atoms with Crippen molar-refractivity contribution in [3.05, 3.63) is 0 Å². The molecule has 94 valence electrons. The number of esters is 1. The molecule has 1 atom stereocenters. The van der Waals surface area contributed by atoms with Crippen LogP contribution in [0.15, 0.2) is 0 Å². The van der Waals surface area contributed by atoms with Gasteiger partial charge in [0.25, 0.3) is 0 Å². The fourth-order valence-electron chi connectivity index (χ4n) is 1.10. The van der Waals surface area contributed by atoms with E-state index in [-0.39, 0.29) is 18.3 Å². The lowest BCUT2D eigenvalue weighted by Gasteiger charge is -2.20. The molecule has 0 aliphatic heterocycles. The van der Waals surface area contributed by atoms with Gasteiger partial charge in [-0.15, -0.1) is 0 Å². The fraction of sp³-hybridized carbons (Fsp3) is 0.818. The maximum Gasteiger partial charge on any atom is 0.306 e. The van der Waals surface area contributed by atoms with E-state index in [1.54, 1.807) is 20.8 Å². The number of nitrogens with one attached hydrogen (secondary N) is 1. The molecule has 0 radical (unpaired) electrons. The number of hydrogen-bond acceptors (Lipinski definition) is 4. The molecule has 0 saturated carbocycles. The zero-order valence-corrected chi connectivity index (χ0v) is 10.5. The molecule has 16 heavy (non-hydrogen) atoms. The van der Waals surface area contributed by atoms with Crippen LogP contribution in [0.1, 0.15) is 40.5 Å². The zero-order valence-electron chi connectivity index (χ0n) is 10.5. The first-order valence-corrected chi connectivity index (χ1v) is 5.51. The summed E-state index contributed by atoms with van der Waals surface area (Å²) in [7, 11) is 0. The molecule has 0 aromatic heterocycles. The summed E-state index contributed by atoms with van der Waals surface area (Å²) in [4.78, 5) is 22.6. The van der Waals surface area contributed by atoms with E-state index < -0.39 is 11.6 Å². The summed E-state index contributed by atoms with van der Waals surface area (Å²) in [6, 6.07) is -0.646. The van der Waals surface area contributed by atoms with E-state index >= 15 is 0 Å². The van der Waals surface area contributed by atoms with Gasteiger partial charge in [-0.25, -0.2) is 0 Å². The molecule has 0 aromatic carbocycles. The molecular weight excluding hydrogens is 208 g/mol. The van der Waals surface area contributed by atoms with E-state index in [4.69, 9.17) is 10.5 Å². The second-order valence-corrected chi connectivity index (χ2v) is 4.63. The highest BCUT2D eigenvalue weighted by atomic mass is 16.6. The summed E-state index contributed by atoms with van der Waals surface area (Å²) in [6.45, 7) is 7.76. The SMILES string of the molecule is CCNC(=O)[C@@H](N)CCC(=O)OC(C)(C)C. The number of carbonyl (C=O) groups is 2. The molecule has 1 amide bonds. The number of nitrogens with two attached hydrogens (primary N) is 1. The van der Waals surface area contributed by atoms with Crippen molar-refractivity contribution in [1.29, 1.82) is 0 Å². The second kappa shape index (κ2) is 6.48. The Balaban J connectivity index is 3.88. The van der Waals surface area contributed by atoms with Crippen LogP contribution >= 0.6 is 0 Å². The molecule has 0 bridgehead atoms. The Morgan fingerprint density at radius 3 is 2.38 bits per heavy atom. The maximum atomic E-state index is 11.3. The lowest BCUT2D eigenvalue weighted by Crippen LogP contribution is -2.40. The normalized spacial score (nSPS) is 13.1. The van der Waals surface area contributed by atoms with Crippen molar-refractivity contribution in [2.24, 2.45) is 5.73 Å². The molecule has 0 saturated heterocycles. The molecule has 0 spiro atoms. The number of amides is 1. The van der Waals surface area contributed by atoms with Crippen LogP contribution < -0.4 is 11.1 Å². The number of likely N-dealkylation sites (N-methyl/N-ethyl adjacent to an activating group) is 1. The Morgan fingerprint density at radius 1 is 1.38 bits per heavy atom. The van der Waals surface area contributed by atoms with Gasteiger partial charge >= 0.3 is 5.97 Å². The zero-order chi connectivity index (χ0) is 12.8. The van der Waals surface area contributed by atoms with Gasteiger partial charge in [0.1, 0.15) is 5.60 Å². The van der Waals surface area contributed by atoms with Gasteiger partial charge < -0.3 is 15.8 Å².